The van der Waals surface area contributed by atoms with Gasteiger partial charge in [0.25, 0.3) is 64.1 Å². The third-order valence-electron chi connectivity index (χ3n) is 21.3. The first kappa shape index (κ1) is 103. The van der Waals surface area contributed by atoms with Crippen molar-refractivity contribution in [2.24, 2.45) is 28.7 Å². The Hall–Kier alpha value is -17.4. The highest BCUT2D eigenvalue weighted by Gasteiger charge is 2.35. The van der Waals surface area contributed by atoms with E-state index < -0.39 is 126 Å². The number of rotatable bonds is 37. The Morgan fingerprint density at radius 1 is 0.355 bits per heavy atom. The lowest BCUT2D eigenvalue weighted by Crippen LogP contribution is -2.24. The van der Waals surface area contributed by atoms with Gasteiger partial charge in [0.2, 0.25) is 0 Å². The molecule has 0 bridgehead atoms. The molecule has 14 aromatic rings. The molecule has 0 atom stereocenters. The van der Waals surface area contributed by atoms with Crippen LogP contribution in [0.1, 0.15) is 103 Å². The molecule has 39 nitrogen and oxygen atoms in total. The standard InChI is InChI=1S/C21H20N2O6.2C20H17BrN2O5.C20H17N3O7.C16H16N2O5/c1-12-18(20(26)21(22)27)19-15(7-4-8-16(19)29-11-17(24)25)23(12)10-13-5-3-6-14(9-13)28-2;1-11-16(18(26)20(22)27)17-14(23(11)9-12-5-3-2-4-6-12)8-7-13(21)19(17)28-10-15(24)25;1-11-16(19(26)20(22)27)17-14(28-10-15(24)25)8-7-13(21)18(17)23(11)9-12-5-3-2-4-6-12;1-11-16(19(26)20(21)27)17-14(30-10-15(24)25)8-7-13(23(28)29)18(17)22(11)9-12-5-3-2-4-6-12;1-3-7-18-9(2)13(15(21)16(17)22)14-10(18)5-4-6-11(14)23-8-12(19)20/h3-9H,10-11H2,1-2H3,(H2,22,27)(H,24,25);2*2-8H,9-10H2,1H3,(H2,22,27)(H,24,25);2-8H,9-10H2,1H3,(H2,21,27)(H,24,25);3-6H,1,7-8H2,2H3,(H2,17,22)(H,19,20). The van der Waals surface area contributed by atoms with Crippen molar-refractivity contribution in [2.45, 2.75) is 67.3 Å². The molecule has 5 aromatic heterocycles. The van der Waals surface area contributed by atoms with E-state index in [1.54, 1.807) is 130 Å². The Morgan fingerprint density at radius 3 is 1.04 bits per heavy atom. The number of hydrogen-bond donors (Lipinski definition) is 10. The van der Waals surface area contributed by atoms with Crippen molar-refractivity contribution in [3.05, 3.63) is 298 Å². The lowest BCUT2D eigenvalue weighted by atomic mass is 10.0. The molecule has 0 spiro atoms. The predicted octanol–water partition coefficient (Wildman–Crippen LogP) is 11.2. The first-order chi connectivity index (χ1) is 65.5. The van der Waals surface area contributed by atoms with Gasteiger partial charge in [0.05, 0.1) is 93.3 Å². The van der Waals surface area contributed by atoms with Crippen LogP contribution < -0.4 is 57.1 Å². The minimum absolute atomic E-state index is 0.0253. The lowest BCUT2D eigenvalue weighted by Gasteiger charge is -2.11. The van der Waals surface area contributed by atoms with Crippen molar-refractivity contribution >= 4 is 180 Å². The number of carboxylic acid groups (broad SMARTS) is 5. The number of carbonyl (C=O) groups is 15. The Morgan fingerprint density at radius 2 is 0.659 bits per heavy atom. The largest absolute Gasteiger partial charge is 0.497 e. The summed E-state index contributed by atoms with van der Waals surface area (Å²) in [6, 6.07) is 54.8. The molecule has 14 rings (SSSR count). The molecular formula is C97H87Br2N11O28. The van der Waals surface area contributed by atoms with Gasteiger partial charge in [-0.1, -0.05) is 121 Å². The van der Waals surface area contributed by atoms with E-state index in [-0.39, 0.29) is 85.4 Å². The number of benzene rings is 9. The topological polar surface area (TPSA) is 610 Å². The quantitative estimate of drug-likeness (QED) is 0.00568. The van der Waals surface area contributed by atoms with Crippen LogP contribution in [0.5, 0.6) is 34.5 Å². The maximum absolute atomic E-state index is 12.6. The molecule has 0 fully saturated rings. The highest BCUT2D eigenvalue weighted by atomic mass is 79.9. The zero-order valence-electron chi connectivity index (χ0n) is 74.2. The summed E-state index contributed by atoms with van der Waals surface area (Å²) >= 11 is 6.82. The summed E-state index contributed by atoms with van der Waals surface area (Å²) in [5.41, 5.74) is 34.7. The number of nitrogens with two attached hydrogens (primary N) is 5. The van der Waals surface area contributed by atoms with Crippen molar-refractivity contribution < 1.29 is 131 Å². The number of non-ortho nitro benzene ring substituents is 1. The smallest absolute Gasteiger partial charge is 0.341 e. The summed E-state index contributed by atoms with van der Waals surface area (Å²) in [4.78, 5) is 186. The second-order valence-electron chi connectivity index (χ2n) is 30.1. The summed E-state index contributed by atoms with van der Waals surface area (Å²) in [6.07, 6.45) is 1.65. The fourth-order valence-electron chi connectivity index (χ4n) is 15.5. The second kappa shape index (κ2) is 45.4. The summed E-state index contributed by atoms with van der Waals surface area (Å²) in [6.45, 7) is 10.8. The maximum Gasteiger partial charge on any atom is 0.341 e. The van der Waals surface area contributed by atoms with Gasteiger partial charge in [-0.25, -0.2) is 24.0 Å². The number of carboxylic acids is 5. The van der Waals surface area contributed by atoms with E-state index in [1.165, 1.54) is 23.6 Å². The molecule has 5 amide bonds. The van der Waals surface area contributed by atoms with Crippen LogP contribution in [0, 0.1) is 44.7 Å². The number of primary amides is 5. The number of hydrogen-bond acceptors (Lipinski definition) is 23. The third-order valence-corrected chi connectivity index (χ3v) is 22.6. The van der Waals surface area contributed by atoms with Crippen LogP contribution in [-0.4, -0.2) is 182 Å². The zero-order chi connectivity index (χ0) is 101. The van der Waals surface area contributed by atoms with Gasteiger partial charge in [-0.15, -0.1) is 6.58 Å². The van der Waals surface area contributed by atoms with Crippen molar-refractivity contribution in [3.8, 4) is 34.5 Å². The molecule has 0 radical (unpaired) electrons. The molecule has 15 N–H and O–H groups in total. The summed E-state index contributed by atoms with van der Waals surface area (Å²) in [5.74, 6) is -14.6. The van der Waals surface area contributed by atoms with E-state index in [0.29, 0.717) is 107 Å². The first-order valence-electron chi connectivity index (χ1n) is 41.0. The van der Waals surface area contributed by atoms with E-state index in [1.807, 2.05) is 105 Å². The van der Waals surface area contributed by atoms with E-state index in [0.717, 1.165) is 22.3 Å². The molecule has 0 unspecified atom stereocenters. The molecule has 712 valence electrons. The van der Waals surface area contributed by atoms with Crippen LogP contribution in [0.2, 0.25) is 0 Å². The number of ether oxygens (including phenoxy) is 6. The summed E-state index contributed by atoms with van der Waals surface area (Å²) in [5, 5.41) is 57.7. The molecule has 138 heavy (non-hydrogen) atoms. The minimum Gasteiger partial charge on any atom is -0.497 e. The van der Waals surface area contributed by atoms with Crippen LogP contribution in [-0.2, 0) is 80.7 Å². The van der Waals surface area contributed by atoms with Crippen molar-refractivity contribution in [1.82, 2.24) is 22.8 Å². The number of fused-ring (bicyclic) bond motifs is 5. The predicted molar refractivity (Wildman–Crippen MR) is 508 cm³/mol. The normalized spacial score (nSPS) is 10.7. The van der Waals surface area contributed by atoms with Crippen LogP contribution in [0.25, 0.3) is 54.5 Å². The van der Waals surface area contributed by atoms with Crippen molar-refractivity contribution in [1.29, 1.82) is 0 Å². The Balaban J connectivity index is 0.000000178. The Bertz CT molecular complexity index is 7250. The number of ketones is 5. The van der Waals surface area contributed by atoms with Gasteiger partial charge < -0.3 is 105 Å². The van der Waals surface area contributed by atoms with E-state index in [2.05, 4.69) is 38.4 Å². The number of aromatic nitrogens is 5. The van der Waals surface area contributed by atoms with Gasteiger partial charge in [-0.05, 0) is 155 Å². The zero-order valence-corrected chi connectivity index (χ0v) is 77.4. The Labute approximate surface area is 798 Å². The number of halogens is 2. The maximum atomic E-state index is 12.6. The molecule has 0 saturated heterocycles. The molecule has 5 heterocycles. The average Bonchev–Trinajstić information content (AvgIpc) is 1.60. The van der Waals surface area contributed by atoms with Gasteiger partial charge >= 0.3 is 29.8 Å². The number of nitrogens with zero attached hydrogens (tertiary/aromatic N) is 6. The van der Waals surface area contributed by atoms with Crippen molar-refractivity contribution in [3.63, 3.8) is 0 Å². The monoisotopic (exact) mass is 2010 g/mol. The van der Waals surface area contributed by atoms with E-state index in [4.69, 9.17) is 82.6 Å². The van der Waals surface area contributed by atoms with Crippen LogP contribution in [0.4, 0.5) is 5.69 Å². The lowest BCUT2D eigenvalue weighted by molar-refractivity contribution is -0.383. The van der Waals surface area contributed by atoms with Gasteiger partial charge in [0.1, 0.15) is 40.0 Å². The number of nitro groups is 1. The van der Waals surface area contributed by atoms with Crippen LogP contribution in [0.3, 0.4) is 0 Å². The third kappa shape index (κ3) is 23.3. The summed E-state index contributed by atoms with van der Waals surface area (Å²) < 4.78 is 42.0. The van der Waals surface area contributed by atoms with E-state index >= 15 is 0 Å². The highest BCUT2D eigenvalue weighted by Crippen LogP contribution is 2.44. The fraction of sp³-hybridized carbons (Fsp3) is 0.165. The molecule has 0 aliphatic heterocycles. The number of nitro benzene ring substituents is 1. The van der Waals surface area contributed by atoms with Gasteiger partial charge in [0, 0.05) is 71.7 Å². The van der Waals surface area contributed by atoms with Crippen molar-refractivity contribution in [2.75, 3.05) is 40.1 Å². The SMILES string of the molecule is C=CCn1c(C)c(C(=O)C(N)=O)c2c(OCC(=O)O)cccc21.COc1cccc(Cn2c(C)c(C(=O)C(N)=O)c3c(OCC(=O)O)cccc32)c1.Cc1c(C(=O)C(N)=O)c2c(OCC(=O)O)c(Br)ccc2n1Cc1ccccc1.Cc1c(C(=O)C(N)=O)c2c(OCC(=O)O)ccc(Br)c2n1Cc1ccccc1.Cc1c(C(=O)C(N)=O)c2c(OCC(=O)O)ccc([N+](=O)[O-])c2n1Cc1ccccc1. The number of aliphatic carboxylic acids is 5. The number of allylic oxidation sites excluding steroid dienone is 1. The Kier molecular flexibility index (Phi) is 33.8. The number of Topliss-reactive ketones (excluding diaryl/α,β-unsaturated/α-hetero) is 5. The van der Waals surface area contributed by atoms with Crippen LogP contribution >= 0.6 is 31.9 Å². The van der Waals surface area contributed by atoms with Gasteiger partial charge in [0.15, 0.2) is 33.0 Å². The number of methoxy groups -OCH3 is 1. The molecule has 9 aromatic carbocycles. The molecule has 0 aliphatic rings. The first-order valence-corrected chi connectivity index (χ1v) is 42.6. The van der Waals surface area contributed by atoms with Gasteiger partial charge in [-0.3, -0.25) is 58.1 Å². The van der Waals surface area contributed by atoms with Crippen LogP contribution in [0.15, 0.2) is 210 Å². The molecule has 0 saturated carbocycles. The number of amides is 5. The molecular weight excluding hydrogens is 1930 g/mol. The highest BCUT2D eigenvalue weighted by molar-refractivity contribution is 9.11. The fourth-order valence-corrected chi connectivity index (χ4v) is 16.5. The second-order valence-corrected chi connectivity index (χ2v) is 31.8. The number of carbonyl (C=O) groups excluding carboxylic acids is 10. The van der Waals surface area contributed by atoms with Gasteiger partial charge in [-0.2, -0.15) is 0 Å². The van der Waals surface area contributed by atoms with E-state index in [9.17, 15) is 82.0 Å². The summed E-state index contributed by atoms with van der Waals surface area (Å²) in [7, 11) is 1.57. The minimum atomic E-state index is -1.27. The molecule has 41 heteroatoms. The average molecular weight is 2010 g/mol. The molecule has 0 aliphatic carbocycles.